The van der Waals surface area contributed by atoms with Gasteiger partial charge in [0.15, 0.2) is 0 Å². The fourth-order valence-corrected chi connectivity index (χ4v) is 9.51. The van der Waals surface area contributed by atoms with Crippen LogP contribution in [0.1, 0.15) is 22.8 Å². The second-order valence-corrected chi connectivity index (χ2v) is 20.2. The van der Waals surface area contributed by atoms with Crippen molar-refractivity contribution in [2.75, 3.05) is 0 Å². The van der Waals surface area contributed by atoms with Gasteiger partial charge in [0.05, 0.1) is 42.4 Å². The minimum absolute atomic E-state index is 0. The molecule has 0 saturated heterocycles. The molecule has 8 bridgehead atoms. The molecular formula is C44H30N4NaO12S4+. The van der Waals surface area contributed by atoms with Crippen LogP contribution < -0.4 is 29.6 Å². The fraction of sp³-hybridized carbons (Fsp3) is 0. The summed E-state index contributed by atoms with van der Waals surface area (Å²) in [6, 6.07) is 29.0. The Morgan fingerprint density at radius 2 is 0.492 bits per heavy atom. The smallest absolute Gasteiger partial charge is 0.354 e. The summed E-state index contributed by atoms with van der Waals surface area (Å²) in [5, 5.41) is 0. The molecule has 6 N–H and O–H groups in total. The molecule has 0 unspecified atom stereocenters. The van der Waals surface area contributed by atoms with Crippen LogP contribution >= 0.6 is 0 Å². The molecule has 5 heterocycles. The maximum atomic E-state index is 12.0. The van der Waals surface area contributed by atoms with Crippen LogP contribution in [0.25, 0.3) is 90.9 Å². The van der Waals surface area contributed by atoms with Crippen LogP contribution in [0.2, 0.25) is 0 Å². The average Bonchev–Trinajstić information content (AvgIpc) is 4.08. The van der Waals surface area contributed by atoms with Gasteiger partial charge in [-0.25, -0.2) is 9.97 Å². The summed E-state index contributed by atoms with van der Waals surface area (Å²) in [5.41, 5.74) is 7.41. The number of fused-ring (bicyclic) bond motifs is 8. The SMILES string of the molecule is O=S(=O)(O)c1ccc(-c2c3nc(c(-c4ccc(S(=O)(=O)O)cc4)c4ccc([nH]4)c(-c4ccc(S(=O)(=O)O)cc4)c4nc(c(-c5ccc(S(=O)(=O)O)cc5)c5ccc2[nH]5)C=C4)C=C3)cc1.[Na+]. The van der Waals surface area contributed by atoms with Crippen LogP contribution in [-0.4, -0.2) is 71.8 Å². The van der Waals surface area contributed by atoms with Crippen molar-refractivity contribution in [3.05, 3.63) is 144 Å². The largest absolute Gasteiger partial charge is 1.00 e. The molecule has 0 aliphatic carbocycles. The standard InChI is InChI=1S/C44H30N4O12S4.Na/c49-61(50,51)29-9-1-25(2-10-29)41-33-17-19-35(45-33)42(26-3-11-30(12-4-26)62(52,53)54)37-21-23-39(47-37)44(28-7-15-32(16-8-28)64(58,59)60)40-24-22-38(48-40)43(36-20-18-34(41)46-36)27-5-13-31(14-6-27)63(55,56)57;/h1-24,45,48H,(H,49,50,51)(H,52,53,54)(H,55,56,57)(H,58,59,60);/q;+1. The number of hydrogen-bond acceptors (Lipinski definition) is 10. The summed E-state index contributed by atoms with van der Waals surface area (Å²) in [4.78, 5) is 15.6. The number of aromatic nitrogens is 4. The van der Waals surface area contributed by atoms with Crippen molar-refractivity contribution in [2.24, 2.45) is 0 Å². The molecule has 2 aliphatic rings. The van der Waals surface area contributed by atoms with Gasteiger partial charge < -0.3 is 9.97 Å². The van der Waals surface area contributed by atoms with E-state index in [0.717, 1.165) is 0 Å². The molecule has 7 aromatic rings. The predicted octanol–water partition coefficient (Wildman–Crippen LogP) is 5.31. The second-order valence-electron chi connectivity index (χ2n) is 14.5. The third kappa shape index (κ3) is 9.06. The fourth-order valence-electron chi connectivity index (χ4n) is 7.59. The minimum Gasteiger partial charge on any atom is -0.354 e. The van der Waals surface area contributed by atoms with Crippen molar-refractivity contribution >= 4 is 86.8 Å². The van der Waals surface area contributed by atoms with E-state index in [1.807, 2.05) is 0 Å². The molecule has 21 heteroatoms. The summed E-state index contributed by atoms with van der Waals surface area (Å²) in [6.07, 6.45) is 6.92. The van der Waals surface area contributed by atoms with Gasteiger partial charge in [-0.15, -0.1) is 0 Å². The Labute approximate surface area is 393 Å². The molecule has 0 atom stereocenters. The zero-order valence-electron chi connectivity index (χ0n) is 33.4. The predicted molar refractivity (Wildman–Crippen MR) is 240 cm³/mol. The van der Waals surface area contributed by atoms with Crippen molar-refractivity contribution in [3.8, 4) is 44.5 Å². The summed E-state index contributed by atoms with van der Waals surface area (Å²) >= 11 is 0. The molecule has 0 amide bonds. The Balaban J connectivity index is 0.00000576. The molecular weight excluding hydrogens is 928 g/mol. The van der Waals surface area contributed by atoms with E-state index in [0.29, 0.717) is 89.4 Å². The van der Waals surface area contributed by atoms with Crippen molar-refractivity contribution < 1.29 is 81.4 Å². The van der Waals surface area contributed by atoms with Crippen molar-refractivity contribution in [1.29, 1.82) is 0 Å². The van der Waals surface area contributed by atoms with Crippen LogP contribution in [0.5, 0.6) is 0 Å². The molecule has 4 aromatic carbocycles. The van der Waals surface area contributed by atoms with Gasteiger partial charge in [-0.1, -0.05) is 48.5 Å². The van der Waals surface area contributed by atoms with E-state index in [1.165, 1.54) is 97.1 Å². The van der Waals surface area contributed by atoms with Crippen LogP contribution in [-0.2, 0) is 40.5 Å². The molecule has 2 aliphatic heterocycles. The van der Waals surface area contributed by atoms with Crippen molar-refractivity contribution in [3.63, 3.8) is 0 Å². The van der Waals surface area contributed by atoms with E-state index in [2.05, 4.69) is 9.97 Å². The van der Waals surface area contributed by atoms with Crippen molar-refractivity contribution in [1.82, 2.24) is 19.9 Å². The van der Waals surface area contributed by atoms with Crippen LogP contribution in [0.4, 0.5) is 0 Å². The molecule has 16 nitrogen and oxygen atoms in total. The van der Waals surface area contributed by atoms with E-state index in [9.17, 15) is 51.9 Å². The zero-order valence-corrected chi connectivity index (χ0v) is 38.7. The molecule has 322 valence electrons. The van der Waals surface area contributed by atoms with Gasteiger partial charge in [0.2, 0.25) is 0 Å². The topological polar surface area (TPSA) is 275 Å². The van der Waals surface area contributed by atoms with Gasteiger partial charge in [0.1, 0.15) is 0 Å². The molecule has 65 heavy (non-hydrogen) atoms. The minimum atomic E-state index is -4.55. The number of benzene rings is 4. The Morgan fingerprint density at radius 3 is 0.662 bits per heavy atom. The van der Waals surface area contributed by atoms with Crippen LogP contribution in [0, 0.1) is 0 Å². The number of nitrogens with one attached hydrogen (secondary N) is 2. The Hall–Kier alpha value is -5.88. The Kier molecular flexibility index (Phi) is 11.8. The van der Waals surface area contributed by atoms with E-state index in [-0.39, 0.29) is 49.1 Å². The first-order chi connectivity index (χ1) is 30.2. The summed E-state index contributed by atoms with van der Waals surface area (Å²) in [7, 11) is -18.2. The van der Waals surface area contributed by atoms with Gasteiger partial charge in [0.25, 0.3) is 40.5 Å². The van der Waals surface area contributed by atoms with Gasteiger partial charge in [-0.05, 0) is 119 Å². The number of rotatable bonds is 8. The maximum Gasteiger partial charge on any atom is 1.00 e. The number of aromatic amines is 2. The van der Waals surface area contributed by atoms with Crippen LogP contribution in [0.15, 0.2) is 141 Å². The quantitative estimate of drug-likeness (QED) is 0.0832. The summed E-state index contributed by atoms with van der Waals surface area (Å²) in [6.45, 7) is 0. The van der Waals surface area contributed by atoms with Crippen LogP contribution in [0.3, 0.4) is 0 Å². The zero-order chi connectivity index (χ0) is 45.3. The Morgan fingerprint density at radius 1 is 0.308 bits per heavy atom. The third-order valence-electron chi connectivity index (χ3n) is 10.5. The normalized spacial score (nSPS) is 12.9. The first-order valence-corrected chi connectivity index (χ1v) is 24.5. The van der Waals surface area contributed by atoms with E-state index >= 15 is 0 Å². The number of H-pyrrole nitrogens is 2. The van der Waals surface area contributed by atoms with E-state index in [4.69, 9.17) is 9.97 Å². The molecule has 3 aromatic heterocycles. The number of nitrogens with zero attached hydrogens (tertiary/aromatic N) is 2. The first-order valence-electron chi connectivity index (χ1n) is 18.7. The van der Waals surface area contributed by atoms with Crippen molar-refractivity contribution in [2.45, 2.75) is 19.6 Å². The first kappa shape index (κ1) is 45.7. The number of hydrogen-bond donors (Lipinski definition) is 6. The van der Waals surface area contributed by atoms with Gasteiger partial charge in [-0.2, -0.15) is 33.7 Å². The van der Waals surface area contributed by atoms with E-state index in [1.54, 1.807) is 48.6 Å². The molecule has 0 spiro atoms. The van der Waals surface area contributed by atoms with Gasteiger partial charge >= 0.3 is 29.6 Å². The van der Waals surface area contributed by atoms with E-state index < -0.39 is 40.5 Å². The second kappa shape index (κ2) is 16.8. The monoisotopic (exact) mass is 957 g/mol. The Bertz CT molecular complexity index is 3300. The van der Waals surface area contributed by atoms with Gasteiger partial charge in [0, 0.05) is 44.3 Å². The summed E-state index contributed by atoms with van der Waals surface area (Å²) < 4.78 is 135. The van der Waals surface area contributed by atoms with Gasteiger partial charge in [-0.3, -0.25) is 18.2 Å². The third-order valence-corrected chi connectivity index (χ3v) is 14.0. The average molecular weight is 958 g/mol. The maximum absolute atomic E-state index is 12.0. The molecule has 0 fully saturated rings. The molecule has 9 rings (SSSR count). The molecule has 0 saturated carbocycles. The summed E-state index contributed by atoms with van der Waals surface area (Å²) in [5.74, 6) is 0. The molecule has 0 radical (unpaired) electrons.